The van der Waals surface area contributed by atoms with Gasteiger partial charge in [-0.25, -0.2) is 0 Å². The van der Waals surface area contributed by atoms with Gasteiger partial charge in [0.25, 0.3) is 0 Å². The molecule has 0 unspecified atom stereocenters. The molecule has 0 bridgehead atoms. The molecule has 0 saturated carbocycles. The zero-order valence-electron chi connectivity index (χ0n) is 12.4. The van der Waals surface area contributed by atoms with Gasteiger partial charge in [0.2, 0.25) is 0 Å². The molecule has 0 radical (unpaired) electrons. The molecule has 0 atom stereocenters. The lowest BCUT2D eigenvalue weighted by atomic mass is 9.90. The summed E-state index contributed by atoms with van der Waals surface area (Å²) in [6.07, 6.45) is 4.20. The third-order valence-electron chi connectivity index (χ3n) is 3.57. The normalized spacial score (nSPS) is 10.5. The number of ketones is 1. The van der Waals surface area contributed by atoms with Crippen LogP contribution in [-0.4, -0.2) is 5.78 Å². The van der Waals surface area contributed by atoms with Gasteiger partial charge in [-0.1, -0.05) is 75.2 Å². The lowest BCUT2D eigenvalue weighted by Crippen LogP contribution is -2.08. The second-order valence-electron chi connectivity index (χ2n) is 5.14. The first-order valence-electron chi connectivity index (χ1n) is 7.48. The van der Waals surface area contributed by atoms with E-state index < -0.39 is 0 Å². The van der Waals surface area contributed by atoms with E-state index >= 15 is 0 Å². The van der Waals surface area contributed by atoms with Crippen LogP contribution in [0.3, 0.4) is 0 Å². The Morgan fingerprint density at radius 2 is 1.55 bits per heavy atom. The van der Waals surface area contributed by atoms with Crippen LogP contribution in [0.25, 0.3) is 0 Å². The molecule has 0 N–H and O–H groups in total. The van der Waals surface area contributed by atoms with Gasteiger partial charge < -0.3 is 0 Å². The molecular weight excluding hydrogens is 244 g/mol. The fourth-order valence-corrected chi connectivity index (χ4v) is 2.64. The minimum absolute atomic E-state index is 0.145. The number of hydrogen-bond donors (Lipinski definition) is 0. The SMILES string of the molecule is CCCc1cccc(C(=O)c2ccccc2)c1CCC. The highest BCUT2D eigenvalue weighted by Crippen LogP contribution is 2.21. The smallest absolute Gasteiger partial charge is 0.193 e. The van der Waals surface area contributed by atoms with Gasteiger partial charge in [-0.2, -0.15) is 0 Å². The quantitative estimate of drug-likeness (QED) is 0.685. The van der Waals surface area contributed by atoms with Crippen LogP contribution >= 0.6 is 0 Å². The summed E-state index contributed by atoms with van der Waals surface area (Å²) >= 11 is 0. The number of hydrogen-bond acceptors (Lipinski definition) is 1. The number of carbonyl (C=O) groups is 1. The summed E-state index contributed by atoms with van der Waals surface area (Å²) in [6.45, 7) is 4.35. The lowest BCUT2D eigenvalue weighted by Gasteiger charge is -2.13. The maximum absolute atomic E-state index is 12.7. The van der Waals surface area contributed by atoms with Gasteiger partial charge in [0.15, 0.2) is 5.78 Å². The van der Waals surface area contributed by atoms with Crippen molar-refractivity contribution in [3.8, 4) is 0 Å². The Labute approximate surface area is 121 Å². The highest BCUT2D eigenvalue weighted by molar-refractivity contribution is 6.10. The molecule has 20 heavy (non-hydrogen) atoms. The first kappa shape index (κ1) is 14.5. The lowest BCUT2D eigenvalue weighted by molar-refractivity contribution is 0.103. The fourth-order valence-electron chi connectivity index (χ4n) is 2.64. The summed E-state index contributed by atoms with van der Waals surface area (Å²) < 4.78 is 0. The summed E-state index contributed by atoms with van der Waals surface area (Å²) in [5.41, 5.74) is 4.23. The number of aryl methyl sites for hydroxylation is 1. The van der Waals surface area contributed by atoms with Crippen LogP contribution in [0.4, 0.5) is 0 Å². The van der Waals surface area contributed by atoms with E-state index in [2.05, 4.69) is 19.9 Å². The number of rotatable bonds is 6. The standard InChI is InChI=1S/C19H22O/c1-3-9-15-13-8-14-18(17(15)10-4-2)19(20)16-11-6-5-7-12-16/h5-8,11-14H,3-4,9-10H2,1-2H3. The van der Waals surface area contributed by atoms with E-state index in [4.69, 9.17) is 0 Å². The highest BCUT2D eigenvalue weighted by atomic mass is 16.1. The predicted octanol–water partition coefficient (Wildman–Crippen LogP) is 4.82. The van der Waals surface area contributed by atoms with Crippen LogP contribution < -0.4 is 0 Å². The molecule has 2 aromatic rings. The topological polar surface area (TPSA) is 17.1 Å². The third-order valence-corrected chi connectivity index (χ3v) is 3.57. The highest BCUT2D eigenvalue weighted by Gasteiger charge is 2.15. The molecular formula is C19H22O. The van der Waals surface area contributed by atoms with Crippen LogP contribution in [0.5, 0.6) is 0 Å². The largest absolute Gasteiger partial charge is 0.289 e. The number of benzene rings is 2. The second-order valence-corrected chi connectivity index (χ2v) is 5.14. The summed E-state index contributed by atoms with van der Waals surface area (Å²) in [4.78, 5) is 12.7. The van der Waals surface area contributed by atoms with Crippen molar-refractivity contribution in [2.24, 2.45) is 0 Å². The molecule has 0 saturated heterocycles. The molecule has 0 amide bonds. The summed E-state index contributed by atoms with van der Waals surface area (Å²) in [5.74, 6) is 0.145. The average molecular weight is 266 g/mol. The van der Waals surface area contributed by atoms with E-state index in [1.54, 1.807) is 0 Å². The second kappa shape index (κ2) is 7.04. The molecule has 0 fully saturated rings. The van der Waals surface area contributed by atoms with Gasteiger partial charge >= 0.3 is 0 Å². The van der Waals surface area contributed by atoms with E-state index in [1.807, 2.05) is 42.5 Å². The zero-order valence-corrected chi connectivity index (χ0v) is 12.4. The molecule has 2 rings (SSSR count). The molecule has 0 aliphatic rings. The molecule has 0 aromatic heterocycles. The van der Waals surface area contributed by atoms with E-state index in [9.17, 15) is 4.79 Å². The Hall–Kier alpha value is -1.89. The Bertz CT molecular complexity index is 570. The van der Waals surface area contributed by atoms with Crippen molar-refractivity contribution in [3.05, 3.63) is 70.8 Å². The van der Waals surface area contributed by atoms with Crippen LogP contribution in [-0.2, 0) is 12.8 Å². The van der Waals surface area contributed by atoms with Crippen molar-refractivity contribution in [1.82, 2.24) is 0 Å². The van der Waals surface area contributed by atoms with Gasteiger partial charge in [-0.05, 0) is 24.0 Å². The van der Waals surface area contributed by atoms with Crippen molar-refractivity contribution in [1.29, 1.82) is 0 Å². The van der Waals surface area contributed by atoms with Crippen molar-refractivity contribution in [2.75, 3.05) is 0 Å². The molecule has 2 aromatic carbocycles. The van der Waals surface area contributed by atoms with E-state index in [-0.39, 0.29) is 5.78 Å². The van der Waals surface area contributed by atoms with Crippen molar-refractivity contribution in [2.45, 2.75) is 39.5 Å². The fraction of sp³-hybridized carbons (Fsp3) is 0.316. The molecule has 0 aliphatic carbocycles. The van der Waals surface area contributed by atoms with Gasteiger partial charge in [-0.3, -0.25) is 4.79 Å². The van der Waals surface area contributed by atoms with Crippen LogP contribution in [0.2, 0.25) is 0 Å². The van der Waals surface area contributed by atoms with Crippen LogP contribution in [0.15, 0.2) is 48.5 Å². The molecule has 0 heterocycles. The van der Waals surface area contributed by atoms with Crippen molar-refractivity contribution in [3.63, 3.8) is 0 Å². The van der Waals surface area contributed by atoms with Crippen LogP contribution in [0.1, 0.15) is 53.7 Å². The molecule has 0 spiro atoms. The third kappa shape index (κ3) is 3.16. The Kier molecular flexibility index (Phi) is 5.11. The van der Waals surface area contributed by atoms with Crippen molar-refractivity contribution < 1.29 is 4.79 Å². The Morgan fingerprint density at radius 1 is 0.850 bits per heavy atom. The molecule has 1 heteroatoms. The predicted molar refractivity (Wildman–Crippen MR) is 84.3 cm³/mol. The van der Waals surface area contributed by atoms with Gasteiger partial charge in [0, 0.05) is 11.1 Å². The minimum Gasteiger partial charge on any atom is -0.289 e. The Morgan fingerprint density at radius 3 is 2.20 bits per heavy atom. The molecule has 1 nitrogen and oxygen atoms in total. The maximum atomic E-state index is 12.7. The maximum Gasteiger partial charge on any atom is 0.193 e. The first-order chi connectivity index (χ1) is 9.77. The van der Waals surface area contributed by atoms with Gasteiger partial charge in [0.05, 0.1) is 0 Å². The van der Waals surface area contributed by atoms with E-state index in [0.717, 1.165) is 36.8 Å². The van der Waals surface area contributed by atoms with Crippen LogP contribution in [0, 0.1) is 0 Å². The minimum atomic E-state index is 0.145. The zero-order chi connectivity index (χ0) is 14.4. The first-order valence-corrected chi connectivity index (χ1v) is 7.48. The summed E-state index contributed by atoms with van der Waals surface area (Å²) in [6, 6.07) is 15.7. The summed E-state index contributed by atoms with van der Waals surface area (Å²) in [5, 5.41) is 0. The van der Waals surface area contributed by atoms with Gasteiger partial charge in [0.1, 0.15) is 0 Å². The van der Waals surface area contributed by atoms with E-state index in [1.165, 1.54) is 11.1 Å². The summed E-state index contributed by atoms with van der Waals surface area (Å²) in [7, 11) is 0. The van der Waals surface area contributed by atoms with Gasteiger partial charge in [-0.15, -0.1) is 0 Å². The molecule has 0 aliphatic heterocycles. The number of carbonyl (C=O) groups excluding carboxylic acids is 1. The monoisotopic (exact) mass is 266 g/mol. The van der Waals surface area contributed by atoms with Crippen molar-refractivity contribution >= 4 is 5.78 Å². The molecule has 104 valence electrons. The average Bonchev–Trinajstić information content (AvgIpc) is 2.49. The Balaban J connectivity index is 2.45. The van der Waals surface area contributed by atoms with E-state index in [0.29, 0.717) is 0 Å².